The summed E-state index contributed by atoms with van der Waals surface area (Å²) in [5, 5.41) is 10.6. The van der Waals surface area contributed by atoms with Gasteiger partial charge in [0.15, 0.2) is 15.8 Å². The average Bonchev–Trinajstić information content (AvgIpc) is 3.21. The highest BCUT2D eigenvalue weighted by molar-refractivity contribution is 14.0. The maximum Gasteiger partial charge on any atom is 0.191 e. The Balaban J connectivity index is 0.00000225. The molecule has 1 unspecified atom stereocenters. The predicted molar refractivity (Wildman–Crippen MR) is 109 cm³/mol. The van der Waals surface area contributed by atoms with E-state index in [1.807, 2.05) is 36.5 Å². The van der Waals surface area contributed by atoms with Crippen LogP contribution in [0.1, 0.15) is 12.0 Å². The van der Waals surface area contributed by atoms with Crippen LogP contribution in [0, 0.1) is 0 Å². The number of aliphatic imine (C=N–C) groups is 1. The van der Waals surface area contributed by atoms with Crippen LogP contribution >= 0.6 is 24.0 Å². The first-order valence-electron chi connectivity index (χ1n) is 7.82. The number of sulfone groups is 1. The fraction of sp³-hybridized carbons (Fsp3) is 0.375. The lowest BCUT2D eigenvalue weighted by molar-refractivity contribution is 0.599. The molecule has 1 atom stereocenters. The SMILES string of the molecule is CN=C(NCc1cccc(-n2cccn2)c1)NC1CCS(=O)(=O)C1.I. The molecule has 2 aromatic rings. The van der Waals surface area contributed by atoms with E-state index in [0.717, 1.165) is 11.3 Å². The van der Waals surface area contributed by atoms with E-state index >= 15 is 0 Å². The molecule has 2 heterocycles. The lowest BCUT2D eigenvalue weighted by Gasteiger charge is -2.16. The van der Waals surface area contributed by atoms with Crippen molar-refractivity contribution in [3.05, 3.63) is 48.3 Å². The van der Waals surface area contributed by atoms with Gasteiger partial charge in [0, 0.05) is 32.0 Å². The fourth-order valence-electron chi connectivity index (χ4n) is 2.71. The van der Waals surface area contributed by atoms with Crippen molar-refractivity contribution in [1.29, 1.82) is 0 Å². The second kappa shape index (κ2) is 8.65. The van der Waals surface area contributed by atoms with Crippen molar-refractivity contribution in [3.63, 3.8) is 0 Å². The van der Waals surface area contributed by atoms with E-state index in [9.17, 15) is 8.42 Å². The van der Waals surface area contributed by atoms with Crippen molar-refractivity contribution < 1.29 is 8.42 Å². The quantitative estimate of drug-likeness (QED) is 0.396. The molecule has 0 aliphatic carbocycles. The normalized spacial score (nSPS) is 19.2. The van der Waals surface area contributed by atoms with Crippen LogP contribution in [0.4, 0.5) is 0 Å². The van der Waals surface area contributed by atoms with E-state index in [4.69, 9.17) is 0 Å². The van der Waals surface area contributed by atoms with Gasteiger partial charge < -0.3 is 10.6 Å². The molecular formula is C16H22IN5O2S. The molecule has 0 bridgehead atoms. The Morgan fingerprint density at radius 1 is 1.40 bits per heavy atom. The molecule has 2 N–H and O–H groups in total. The zero-order chi connectivity index (χ0) is 17.0. The number of aromatic nitrogens is 2. The Labute approximate surface area is 164 Å². The molecule has 1 aromatic carbocycles. The minimum atomic E-state index is -2.90. The summed E-state index contributed by atoms with van der Waals surface area (Å²) in [5.74, 6) is 1.03. The van der Waals surface area contributed by atoms with Gasteiger partial charge in [0.25, 0.3) is 0 Å². The minimum Gasteiger partial charge on any atom is -0.353 e. The number of hydrogen-bond donors (Lipinski definition) is 2. The molecular weight excluding hydrogens is 453 g/mol. The van der Waals surface area contributed by atoms with Gasteiger partial charge in [0.1, 0.15) is 0 Å². The molecule has 3 rings (SSSR count). The molecule has 1 aromatic heterocycles. The minimum absolute atomic E-state index is 0. The third-order valence-corrected chi connectivity index (χ3v) is 5.70. The topological polar surface area (TPSA) is 88.4 Å². The number of nitrogens with one attached hydrogen (secondary N) is 2. The highest BCUT2D eigenvalue weighted by atomic mass is 127. The van der Waals surface area contributed by atoms with E-state index in [0.29, 0.717) is 18.9 Å². The molecule has 7 nitrogen and oxygen atoms in total. The van der Waals surface area contributed by atoms with Crippen LogP contribution in [-0.4, -0.2) is 48.8 Å². The smallest absolute Gasteiger partial charge is 0.191 e. The summed E-state index contributed by atoms with van der Waals surface area (Å²) in [6.45, 7) is 0.592. The van der Waals surface area contributed by atoms with Gasteiger partial charge in [-0.25, -0.2) is 13.1 Å². The van der Waals surface area contributed by atoms with Crippen LogP contribution in [0.15, 0.2) is 47.7 Å². The highest BCUT2D eigenvalue weighted by Crippen LogP contribution is 2.11. The van der Waals surface area contributed by atoms with Crippen molar-refractivity contribution in [2.75, 3.05) is 18.6 Å². The number of nitrogens with zero attached hydrogens (tertiary/aromatic N) is 3. The molecule has 0 amide bonds. The van der Waals surface area contributed by atoms with Crippen molar-refractivity contribution in [1.82, 2.24) is 20.4 Å². The predicted octanol–water partition coefficient (Wildman–Crippen LogP) is 1.34. The van der Waals surface area contributed by atoms with E-state index in [-0.39, 0.29) is 41.5 Å². The van der Waals surface area contributed by atoms with Gasteiger partial charge in [-0.3, -0.25) is 4.99 Å². The number of hydrogen-bond acceptors (Lipinski definition) is 4. The van der Waals surface area contributed by atoms with E-state index in [1.54, 1.807) is 17.9 Å². The number of rotatable bonds is 4. The summed E-state index contributed by atoms with van der Waals surface area (Å²) in [7, 11) is -1.22. The standard InChI is InChI=1S/C16H21N5O2S.HI/c1-17-16(20-14-6-9-24(22,23)12-14)18-11-13-4-2-5-15(10-13)21-8-3-7-19-21;/h2-5,7-8,10,14H,6,9,11-12H2,1H3,(H2,17,18,20);1H. The van der Waals surface area contributed by atoms with Gasteiger partial charge in [-0.15, -0.1) is 24.0 Å². The van der Waals surface area contributed by atoms with Crippen LogP contribution in [0.5, 0.6) is 0 Å². The lowest BCUT2D eigenvalue weighted by Crippen LogP contribution is -2.43. The van der Waals surface area contributed by atoms with Crippen molar-refractivity contribution >= 4 is 39.8 Å². The molecule has 1 aliphatic heterocycles. The molecule has 1 fully saturated rings. The van der Waals surface area contributed by atoms with Crippen LogP contribution in [0.3, 0.4) is 0 Å². The number of benzene rings is 1. The zero-order valence-corrected chi connectivity index (χ0v) is 17.1. The number of guanidine groups is 1. The fourth-order valence-corrected chi connectivity index (χ4v) is 4.39. The van der Waals surface area contributed by atoms with Crippen LogP contribution in [0.25, 0.3) is 5.69 Å². The first-order valence-corrected chi connectivity index (χ1v) is 9.64. The first kappa shape index (κ1) is 19.7. The summed E-state index contributed by atoms with van der Waals surface area (Å²) < 4.78 is 24.9. The third kappa shape index (κ3) is 5.43. The van der Waals surface area contributed by atoms with E-state index in [2.05, 4.69) is 20.7 Å². The summed E-state index contributed by atoms with van der Waals surface area (Å²) in [6, 6.07) is 9.85. The molecule has 136 valence electrons. The second-order valence-electron chi connectivity index (χ2n) is 5.79. The second-order valence-corrected chi connectivity index (χ2v) is 8.02. The molecule has 0 radical (unpaired) electrons. The van der Waals surface area contributed by atoms with Crippen molar-refractivity contribution in [2.24, 2.45) is 4.99 Å². The van der Waals surface area contributed by atoms with Crippen molar-refractivity contribution in [3.8, 4) is 5.69 Å². The maximum atomic E-state index is 11.5. The van der Waals surface area contributed by atoms with Gasteiger partial charge >= 0.3 is 0 Å². The largest absolute Gasteiger partial charge is 0.353 e. The van der Waals surface area contributed by atoms with Gasteiger partial charge in [0.05, 0.1) is 17.2 Å². The average molecular weight is 475 g/mol. The van der Waals surface area contributed by atoms with Gasteiger partial charge in [-0.05, 0) is 30.2 Å². The first-order chi connectivity index (χ1) is 11.6. The van der Waals surface area contributed by atoms with E-state index in [1.165, 1.54) is 0 Å². The molecule has 1 aliphatic rings. The Hall–Kier alpha value is -1.62. The number of halogens is 1. The van der Waals surface area contributed by atoms with Gasteiger partial charge in [0.2, 0.25) is 0 Å². The lowest BCUT2D eigenvalue weighted by atomic mass is 10.2. The molecule has 9 heteroatoms. The third-order valence-electron chi connectivity index (χ3n) is 3.94. The monoisotopic (exact) mass is 475 g/mol. The summed E-state index contributed by atoms with van der Waals surface area (Å²) in [5.41, 5.74) is 2.08. The summed E-state index contributed by atoms with van der Waals surface area (Å²) in [6.07, 6.45) is 4.26. The summed E-state index contributed by atoms with van der Waals surface area (Å²) in [4.78, 5) is 4.17. The van der Waals surface area contributed by atoms with Gasteiger partial charge in [-0.1, -0.05) is 12.1 Å². The highest BCUT2D eigenvalue weighted by Gasteiger charge is 2.28. The van der Waals surface area contributed by atoms with Crippen LogP contribution < -0.4 is 10.6 Å². The van der Waals surface area contributed by atoms with Gasteiger partial charge in [-0.2, -0.15) is 5.10 Å². The Bertz CT molecular complexity index is 821. The zero-order valence-electron chi connectivity index (χ0n) is 13.9. The maximum absolute atomic E-state index is 11.5. The van der Waals surface area contributed by atoms with Crippen LogP contribution in [0.2, 0.25) is 0 Å². The Morgan fingerprint density at radius 2 is 2.24 bits per heavy atom. The van der Waals surface area contributed by atoms with E-state index < -0.39 is 9.84 Å². The Morgan fingerprint density at radius 3 is 2.88 bits per heavy atom. The molecule has 1 saturated heterocycles. The van der Waals surface area contributed by atoms with Crippen LogP contribution in [-0.2, 0) is 16.4 Å². The Kier molecular flexibility index (Phi) is 6.82. The molecule has 0 spiro atoms. The van der Waals surface area contributed by atoms with Crippen molar-refractivity contribution in [2.45, 2.75) is 19.0 Å². The summed E-state index contributed by atoms with van der Waals surface area (Å²) >= 11 is 0. The molecule has 25 heavy (non-hydrogen) atoms. The molecule has 0 saturated carbocycles.